The number of rotatable bonds is 0. The van der Waals surface area contributed by atoms with E-state index in [4.69, 9.17) is 4.74 Å². The van der Waals surface area contributed by atoms with Crippen LogP contribution in [0.25, 0.3) is 0 Å². The molecule has 1 nitrogen and oxygen atoms in total. The van der Waals surface area contributed by atoms with Gasteiger partial charge in [0.05, 0.1) is 6.26 Å². The molecule has 0 saturated heterocycles. The van der Waals surface area contributed by atoms with Gasteiger partial charge >= 0.3 is 0 Å². The van der Waals surface area contributed by atoms with Crippen LogP contribution in [0.4, 0.5) is 0 Å². The quantitative estimate of drug-likeness (QED) is 0.577. The van der Waals surface area contributed by atoms with Crippen LogP contribution in [0.2, 0.25) is 0 Å². The third kappa shape index (κ3) is 3.73. The third-order valence-corrected chi connectivity index (χ3v) is 4.86. The molecule has 2 heteroatoms. The largest absolute Gasteiger partial charge is 0.491 e. The molecule has 0 aromatic heterocycles. The second kappa shape index (κ2) is 7.51. The van der Waals surface area contributed by atoms with Crippen LogP contribution >= 0.6 is 0 Å². The Morgan fingerprint density at radius 3 is 2.33 bits per heavy atom. The van der Waals surface area contributed by atoms with Crippen molar-refractivity contribution in [3.63, 3.8) is 0 Å². The van der Waals surface area contributed by atoms with Gasteiger partial charge in [-0.15, -0.1) is 0 Å². The summed E-state index contributed by atoms with van der Waals surface area (Å²) in [6.45, 7) is 2.29. The molecule has 0 N–H and O–H groups in total. The molecule has 2 fully saturated rings. The zero-order chi connectivity index (χ0) is 13.8. The van der Waals surface area contributed by atoms with Crippen molar-refractivity contribution in [3.8, 4) is 0 Å². The molecule has 0 aromatic rings. The van der Waals surface area contributed by atoms with Crippen LogP contribution in [0, 0.1) is 6.42 Å². The number of ether oxygens (including phenoxy) is 1. The topological polar surface area (TPSA) is 9.23 Å². The Morgan fingerprint density at radius 1 is 0.905 bits per heavy atom. The van der Waals surface area contributed by atoms with E-state index in [0.29, 0.717) is 0 Å². The number of fused-ring (bicyclic) bond motifs is 2. The van der Waals surface area contributed by atoms with Crippen molar-refractivity contribution in [1.29, 1.82) is 0 Å². The van der Waals surface area contributed by atoms with Gasteiger partial charge < -0.3 is 4.74 Å². The molecule has 4 rings (SSSR count). The van der Waals surface area contributed by atoms with E-state index in [9.17, 15) is 0 Å². The zero-order valence-corrected chi connectivity index (χ0v) is 13.9. The average molecular weight is 328 g/mol. The summed E-state index contributed by atoms with van der Waals surface area (Å²) in [5.74, 6) is 0. The first-order valence-corrected chi connectivity index (χ1v) is 8.06. The number of hydrogen-bond acceptors (Lipinski definition) is 1. The molecule has 4 aliphatic rings. The first-order valence-electron chi connectivity index (χ1n) is 8.06. The van der Waals surface area contributed by atoms with Crippen LogP contribution in [0.5, 0.6) is 0 Å². The fourth-order valence-electron chi connectivity index (χ4n) is 3.70. The van der Waals surface area contributed by atoms with Crippen molar-refractivity contribution in [1.82, 2.24) is 0 Å². The van der Waals surface area contributed by atoms with E-state index < -0.39 is 0 Å². The summed E-state index contributed by atoms with van der Waals surface area (Å²) >= 11 is 0. The van der Waals surface area contributed by atoms with E-state index in [-0.39, 0.29) is 22.4 Å². The summed E-state index contributed by atoms with van der Waals surface area (Å²) < 4.78 is 6.02. The molecule has 0 unspecified atom stereocenters. The molecular weight excluding hydrogens is 303 g/mol. The normalized spacial score (nSPS) is 29.3. The van der Waals surface area contributed by atoms with Gasteiger partial charge in [0.25, 0.3) is 0 Å². The van der Waals surface area contributed by atoms with Gasteiger partial charge in [0.2, 0.25) is 0 Å². The predicted octanol–water partition coefficient (Wildman–Crippen LogP) is 5.42. The van der Waals surface area contributed by atoms with Crippen LogP contribution in [0.1, 0.15) is 58.3 Å². The summed E-state index contributed by atoms with van der Waals surface area (Å²) in [4.78, 5) is 0. The average Bonchev–Trinajstić information content (AvgIpc) is 3.06. The molecule has 0 bridgehead atoms. The van der Waals surface area contributed by atoms with Crippen molar-refractivity contribution >= 4 is 0 Å². The van der Waals surface area contributed by atoms with Crippen LogP contribution in [0.15, 0.2) is 47.3 Å². The molecule has 3 aliphatic carbocycles. The summed E-state index contributed by atoms with van der Waals surface area (Å²) in [5, 5.41) is 0. The number of allylic oxidation sites excluding steroid dienone is 6. The second-order valence-electron chi connectivity index (χ2n) is 6.33. The van der Waals surface area contributed by atoms with Gasteiger partial charge in [0.1, 0.15) is 5.60 Å². The predicted molar refractivity (Wildman–Crippen MR) is 84.1 cm³/mol. The van der Waals surface area contributed by atoms with E-state index in [1.807, 2.05) is 30.7 Å². The number of hydrogen-bond donors (Lipinski definition) is 0. The second-order valence-corrected chi connectivity index (χ2v) is 6.33. The summed E-state index contributed by atoms with van der Waals surface area (Å²) in [5.41, 5.74) is 4.89. The van der Waals surface area contributed by atoms with Crippen LogP contribution in [0.3, 0.4) is 0 Å². The molecular formula is C19H25CoO. The van der Waals surface area contributed by atoms with Gasteiger partial charge in [-0.2, -0.15) is 0 Å². The summed E-state index contributed by atoms with van der Waals surface area (Å²) in [6.07, 6.45) is 22.5. The molecule has 1 heterocycles. The maximum atomic E-state index is 6.02. The van der Waals surface area contributed by atoms with Gasteiger partial charge in [-0.05, 0) is 75.0 Å². The monoisotopic (exact) mass is 328 g/mol. The minimum Gasteiger partial charge on any atom is -0.491 e. The minimum atomic E-state index is 0. The van der Waals surface area contributed by atoms with Gasteiger partial charge in [0, 0.05) is 23.2 Å². The maximum Gasteiger partial charge on any atom is 0.127 e. The van der Waals surface area contributed by atoms with E-state index >= 15 is 0 Å². The summed E-state index contributed by atoms with van der Waals surface area (Å²) in [6, 6.07) is 0. The van der Waals surface area contributed by atoms with Gasteiger partial charge in [0.15, 0.2) is 0 Å². The maximum absolute atomic E-state index is 6.02. The minimum absolute atomic E-state index is 0. The Balaban J connectivity index is 0.000000231. The Hall–Kier alpha value is -0.734. The van der Waals surface area contributed by atoms with E-state index in [0.717, 1.165) is 0 Å². The molecule has 1 atom stereocenters. The van der Waals surface area contributed by atoms with Crippen molar-refractivity contribution in [3.05, 3.63) is 53.7 Å². The Labute approximate surface area is 139 Å². The van der Waals surface area contributed by atoms with Gasteiger partial charge in [-0.1, -0.05) is 24.3 Å². The van der Waals surface area contributed by atoms with Crippen LogP contribution in [-0.4, -0.2) is 5.60 Å². The van der Waals surface area contributed by atoms with Gasteiger partial charge in [-0.25, -0.2) is 0 Å². The molecule has 0 aromatic carbocycles. The van der Waals surface area contributed by atoms with Crippen molar-refractivity contribution < 1.29 is 21.5 Å². The molecule has 0 spiro atoms. The Kier molecular flexibility index (Phi) is 5.94. The molecule has 21 heavy (non-hydrogen) atoms. The van der Waals surface area contributed by atoms with Crippen molar-refractivity contribution in [2.45, 2.75) is 63.9 Å². The fraction of sp³-hybridized carbons (Fsp3) is 0.526. The smallest absolute Gasteiger partial charge is 0.127 e. The van der Waals surface area contributed by atoms with Crippen molar-refractivity contribution in [2.75, 3.05) is 0 Å². The van der Waals surface area contributed by atoms with Gasteiger partial charge in [-0.3, -0.25) is 0 Å². The van der Waals surface area contributed by atoms with E-state index in [1.54, 1.807) is 11.1 Å². The molecule has 0 amide bonds. The SMILES string of the molecule is C[C@]12CCCCC1=C1CCCCC1=CO2.[CH]1C=CC=C1.[Co]. The Morgan fingerprint density at radius 2 is 1.62 bits per heavy atom. The third-order valence-electron chi connectivity index (χ3n) is 4.86. The van der Waals surface area contributed by atoms with Crippen LogP contribution in [-0.2, 0) is 21.5 Å². The van der Waals surface area contributed by atoms with Crippen LogP contribution < -0.4 is 0 Å². The summed E-state index contributed by atoms with van der Waals surface area (Å²) in [7, 11) is 0. The Bertz CT molecular complexity index is 474. The zero-order valence-electron chi connectivity index (χ0n) is 12.9. The van der Waals surface area contributed by atoms with E-state index in [2.05, 4.69) is 13.2 Å². The first-order chi connectivity index (χ1) is 9.80. The van der Waals surface area contributed by atoms with E-state index in [1.165, 1.54) is 56.9 Å². The first kappa shape index (κ1) is 16.6. The molecule has 116 valence electrons. The standard InChI is InChI=1S/C14H20O.C5H5.Co/c1-14-9-5-4-8-13(14)12-7-3-2-6-11(12)10-15-14;1-2-4-5-3-1;/h10H,2-9H2,1H3;1-5H;/t14-;;/m0../s1. The molecule has 2 saturated carbocycles. The van der Waals surface area contributed by atoms with Crippen molar-refractivity contribution in [2.24, 2.45) is 0 Å². The molecule has 2 radical (unpaired) electrons. The fourth-order valence-corrected chi connectivity index (χ4v) is 3.70. The molecule has 1 aliphatic heterocycles.